The van der Waals surface area contributed by atoms with Gasteiger partial charge in [0, 0.05) is 43.3 Å². The maximum atomic E-state index is 5.82. The fourth-order valence-electron chi connectivity index (χ4n) is 4.28. The Bertz CT molecular complexity index is 1010. The molecule has 8 heteroatoms. The van der Waals surface area contributed by atoms with Gasteiger partial charge in [-0.15, -0.1) is 5.10 Å². The summed E-state index contributed by atoms with van der Waals surface area (Å²) in [6.07, 6.45) is 5.81. The van der Waals surface area contributed by atoms with E-state index in [1.165, 1.54) is 31.2 Å². The maximum absolute atomic E-state index is 5.82. The highest BCUT2D eigenvalue weighted by Crippen LogP contribution is 2.27. The summed E-state index contributed by atoms with van der Waals surface area (Å²) in [7, 11) is 0. The molecule has 0 saturated heterocycles. The molecule has 1 N–H and O–H groups in total. The lowest BCUT2D eigenvalue weighted by Crippen LogP contribution is -2.45. The molecule has 0 unspecified atom stereocenters. The predicted octanol–water partition coefficient (Wildman–Crippen LogP) is 3.63. The third kappa shape index (κ3) is 4.54. The molecule has 160 valence electrons. The lowest BCUT2D eigenvalue weighted by atomic mass is 10.1. The summed E-state index contributed by atoms with van der Waals surface area (Å²) in [5, 5.41) is 17.9. The van der Waals surface area contributed by atoms with Gasteiger partial charge in [-0.25, -0.2) is 0 Å². The van der Waals surface area contributed by atoms with E-state index in [2.05, 4.69) is 56.9 Å². The average molecular weight is 427 g/mol. The van der Waals surface area contributed by atoms with Crippen molar-refractivity contribution in [1.29, 1.82) is 0 Å². The zero-order valence-electron chi connectivity index (χ0n) is 17.8. The van der Waals surface area contributed by atoms with Crippen LogP contribution in [0.4, 0.5) is 0 Å². The zero-order valence-corrected chi connectivity index (χ0v) is 18.6. The Morgan fingerprint density at radius 2 is 2.13 bits per heavy atom. The number of hydrogen-bond acceptors (Lipinski definition) is 5. The van der Waals surface area contributed by atoms with E-state index in [1.807, 2.05) is 11.4 Å². The largest absolute Gasteiger partial charge is 0.382 e. The summed E-state index contributed by atoms with van der Waals surface area (Å²) < 4.78 is 7.28. The highest BCUT2D eigenvalue weighted by atomic mass is 32.1. The van der Waals surface area contributed by atoms with Crippen molar-refractivity contribution in [3.63, 3.8) is 0 Å². The van der Waals surface area contributed by atoms with Gasteiger partial charge in [0.2, 0.25) is 0 Å². The number of pyridine rings is 1. The van der Waals surface area contributed by atoms with Gasteiger partial charge in [-0.3, -0.25) is 0 Å². The van der Waals surface area contributed by atoms with Crippen LogP contribution < -0.4 is 5.32 Å². The van der Waals surface area contributed by atoms with Crippen LogP contribution in [0.5, 0.6) is 0 Å². The van der Waals surface area contributed by atoms with E-state index in [1.54, 1.807) is 0 Å². The van der Waals surface area contributed by atoms with E-state index in [-0.39, 0.29) is 0 Å². The van der Waals surface area contributed by atoms with E-state index >= 15 is 0 Å². The van der Waals surface area contributed by atoms with Gasteiger partial charge in [-0.1, -0.05) is 24.5 Å². The van der Waals surface area contributed by atoms with Gasteiger partial charge >= 0.3 is 0 Å². The predicted molar refractivity (Wildman–Crippen MR) is 123 cm³/mol. The molecule has 0 spiro atoms. The number of aromatic nitrogens is 4. The zero-order chi connectivity index (χ0) is 20.9. The Labute approximate surface area is 182 Å². The van der Waals surface area contributed by atoms with Gasteiger partial charge in [-0.2, -0.15) is 4.52 Å². The molecule has 1 aliphatic carbocycles. The molecule has 2 heterocycles. The van der Waals surface area contributed by atoms with Crippen LogP contribution in [0.1, 0.15) is 50.2 Å². The molecular formula is C22H30N6OS. The summed E-state index contributed by atoms with van der Waals surface area (Å²) in [5.41, 5.74) is 4.14. The molecule has 0 bridgehead atoms. The summed E-state index contributed by atoms with van der Waals surface area (Å²) in [5.74, 6) is 0. The summed E-state index contributed by atoms with van der Waals surface area (Å²) in [6.45, 7) is 7.16. The summed E-state index contributed by atoms with van der Waals surface area (Å²) >= 11 is 5.82. The van der Waals surface area contributed by atoms with Crippen LogP contribution in [0.15, 0.2) is 24.3 Å². The quantitative estimate of drug-likeness (QED) is 0.436. The normalized spacial score (nSPS) is 14.6. The van der Waals surface area contributed by atoms with Gasteiger partial charge in [0.1, 0.15) is 0 Å². The second-order valence-corrected chi connectivity index (χ2v) is 8.38. The van der Waals surface area contributed by atoms with Crippen molar-refractivity contribution >= 4 is 33.9 Å². The molecule has 1 aromatic carbocycles. The number of tetrazole rings is 1. The Morgan fingerprint density at radius 3 is 2.93 bits per heavy atom. The number of aryl methyl sites for hydroxylation is 1. The molecular weight excluding hydrogens is 396 g/mol. The van der Waals surface area contributed by atoms with Crippen molar-refractivity contribution in [2.75, 3.05) is 19.8 Å². The minimum Gasteiger partial charge on any atom is -0.382 e. The highest BCUT2D eigenvalue weighted by molar-refractivity contribution is 7.80. The topological polar surface area (TPSA) is 67.6 Å². The lowest BCUT2D eigenvalue weighted by Gasteiger charge is -2.32. The van der Waals surface area contributed by atoms with Gasteiger partial charge < -0.3 is 15.0 Å². The Morgan fingerprint density at radius 1 is 1.30 bits per heavy atom. The minimum absolute atomic E-state index is 0.459. The van der Waals surface area contributed by atoms with E-state index in [0.717, 1.165) is 53.4 Å². The highest BCUT2D eigenvalue weighted by Gasteiger charge is 2.26. The van der Waals surface area contributed by atoms with Crippen molar-refractivity contribution in [3.05, 3.63) is 35.4 Å². The fourth-order valence-corrected chi connectivity index (χ4v) is 4.60. The van der Waals surface area contributed by atoms with Gasteiger partial charge in [0.25, 0.3) is 0 Å². The molecule has 1 saturated carbocycles. The number of benzene rings is 1. The van der Waals surface area contributed by atoms with E-state index in [4.69, 9.17) is 17.0 Å². The van der Waals surface area contributed by atoms with Crippen LogP contribution in [0.3, 0.4) is 0 Å². The molecule has 4 rings (SSSR count). The second-order valence-electron chi connectivity index (χ2n) is 7.99. The van der Waals surface area contributed by atoms with Crippen LogP contribution >= 0.6 is 12.2 Å². The van der Waals surface area contributed by atoms with Crippen molar-refractivity contribution in [3.8, 4) is 0 Å². The first-order chi connectivity index (χ1) is 14.7. The Hall–Kier alpha value is -2.32. The number of ether oxygens (including phenoxy) is 1. The van der Waals surface area contributed by atoms with Crippen molar-refractivity contribution in [2.45, 2.75) is 58.5 Å². The molecule has 1 aliphatic rings. The van der Waals surface area contributed by atoms with Crippen LogP contribution in [0.2, 0.25) is 0 Å². The molecule has 0 atom stereocenters. The summed E-state index contributed by atoms with van der Waals surface area (Å²) in [6, 6.07) is 9.03. The number of nitrogens with one attached hydrogen (secondary N) is 1. The van der Waals surface area contributed by atoms with Crippen molar-refractivity contribution in [2.24, 2.45) is 0 Å². The molecule has 1 fully saturated rings. The van der Waals surface area contributed by atoms with Gasteiger partial charge in [0.15, 0.2) is 10.8 Å². The van der Waals surface area contributed by atoms with E-state index < -0.39 is 0 Å². The molecule has 2 aromatic heterocycles. The molecule has 30 heavy (non-hydrogen) atoms. The van der Waals surface area contributed by atoms with Crippen LogP contribution in [-0.4, -0.2) is 55.9 Å². The Kier molecular flexibility index (Phi) is 6.74. The van der Waals surface area contributed by atoms with E-state index in [9.17, 15) is 0 Å². The number of hydrogen-bond donors (Lipinski definition) is 1. The number of thiocarbonyl (C=S) groups is 1. The second kappa shape index (κ2) is 9.66. The first kappa shape index (κ1) is 20.9. The fraction of sp³-hybridized carbons (Fsp3) is 0.545. The molecule has 0 amide bonds. The monoisotopic (exact) mass is 426 g/mol. The van der Waals surface area contributed by atoms with Crippen molar-refractivity contribution in [1.82, 2.24) is 30.3 Å². The number of nitrogens with zero attached hydrogens (tertiary/aromatic N) is 5. The molecule has 0 radical (unpaired) electrons. The Balaban J connectivity index is 1.59. The minimum atomic E-state index is 0.459. The average Bonchev–Trinajstić information content (AvgIpc) is 3.43. The van der Waals surface area contributed by atoms with Crippen LogP contribution in [-0.2, 0) is 11.3 Å². The third-order valence-electron chi connectivity index (χ3n) is 5.81. The van der Waals surface area contributed by atoms with E-state index in [0.29, 0.717) is 12.6 Å². The molecule has 3 aromatic rings. The van der Waals surface area contributed by atoms with Crippen molar-refractivity contribution < 1.29 is 4.74 Å². The molecule has 7 nitrogen and oxygen atoms in total. The first-order valence-electron chi connectivity index (χ1n) is 10.9. The van der Waals surface area contributed by atoms with Gasteiger partial charge in [-0.05, 0) is 74.0 Å². The van der Waals surface area contributed by atoms with Crippen LogP contribution in [0.25, 0.3) is 16.6 Å². The lowest BCUT2D eigenvalue weighted by molar-refractivity contribution is 0.145. The summed E-state index contributed by atoms with van der Waals surface area (Å²) in [4.78, 5) is 2.34. The maximum Gasteiger partial charge on any atom is 0.184 e. The molecule has 0 aliphatic heterocycles. The number of fused-ring (bicyclic) bond motifs is 3. The van der Waals surface area contributed by atoms with Crippen LogP contribution in [0, 0.1) is 6.92 Å². The first-order valence-corrected chi connectivity index (χ1v) is 11.3. The third-order valence-corrected chi connectivity index (χ3v) is 6.19. The van der Waals surface area contributed by atoms with Gasteiger partial charge in [0.05, 0.1) is 5.52 Å². The SMILES string of the molecule is CCOCCCNC(=S)N(Cc1cc2cc(C)ccc2n2nnnc12)C1CCCC1. The smallest absolute Gasteiger partial charge is 0.184 e. The number of rotatable bonds is 8. The standard InChI is InChI=1S/C22H30N6OS/c1-3-29-12-6-11-23-22(30)27(19-7-4-5-8-19)15-18-14-17-13-16(2)9-10-20(17)28-21(18)24-25-26-28/h9-10,13-14,19H,3-8,11-12,15H2,1-2H3,(H,23,30).